The van der Waals surface area contributed by atoms with Crippen LogP contribution in [-0.2, 0) is 8.54 Å². The van der Waals surface area contributed by atoms with Crippen LogP contribution in [0.3, 0.4) is 0 Å². The van der Waals surface area contributed by atoms with Crippen LogP contribution < -0.4 is 0 Å². The SMILES string of the molecule is CCO[SiH2]O[SiH3]. The predicted molar refractivity (Wildman–Crippen MR) is 31.2 cm³/mol. The van der Waals surface area contributed by atoms with Gasteiger partial charge in [-0.25, -0.2) is 0 Å². The van der Waals surface area contributed by atoms with Gasteiger partial charge in [0.25, 0.3) is 10.0 Å². The lowest BCUT2D eigenvalue weighted by molar-refractivity contribution is 0.314. The lowest BCUT2D eigenvalue weighted by atomic mass is 10.9. The summed E-state index contributed by atoms with van der Waals surface area (Å²) >= 11 is 0. The zero-order chi connectivity index (χ0) is 4.83. The van der Waals surface area contributed by atoms with Gasteiger partial charge in [-0.3, -0.25) is 0 Å². The Hall–Kier alpha value is 0.354. The first-order valence-electron chi connectivity index (χ1n) is 1.98. The van der Waals surface area contributed by atoms with Crippen LogP contribution in [0.1, 0.15) is 6.92 Å². The highest BCUT2D eigenvalue weighted by atomic mass is 28.3. The quantitative estimate of drug-likeness (QED) is 0.329. The van der Waals surface area contributed by atoms with Gasteiger partial charge in [0, 0.05) is 6.61 Å². The van der Waals surface area contributed by atoms with E-state index in [0.29, 0.717) is 0 Å². The lowest BCUT2D eigenvalue weighted by Crippen LogP contribution is -2.00. The van der Waals surface area contributed by atoms with E-state index in [9.17, 15) is 0 Å². The van der Waals surface area contributed by atoms with Crippen LogP contribution in [-0.4, -0.2) is 27.1 Å². The van der Waals surface area contributed by atoms with Gasteiger partial charge in [0.15, 0.2) is 0 Å². The molecule has 0 heterocycles. The fraction of sp³-hybridized carbons (Fsp3) is 1.00. The topological polar surface area (TPSA) is 18.5 Å². The van der Waals surface area contributed by atoms with Crippen LogP contribution in [0.2, 0.25) is 0 Å². The summed E-state index contributed by atoms with van der Waals surface area (Å²) in [7, 11) is 0.323. The maximum atomic E-state index is 4.93. The normalized spacial score (nSPS) is 11.5. The molecule has 0 aromatic heterocycles. The van der Waals surface area contributed by atoms with E-state index in [1.165, 1.54) is 0 Å². The van der Waals surface area contributed by atoms with Crippen molar-refractivity contribution in [3.05, 3.63) is 0 Å². The van der Waals surface area contributed by atoms with Gasteiger partial charge in [-0.2, -0.15) is 0 Å². The standard InChI is InChI=1S/C2H10O2Si2/c1-2-3-6-4-5/h2,6H2,1,5H3. The third kappa shape index (κ3) is 4.35. The molecule has 0 bridgehead atoms. The Morgan fingerprint density at radius 1 is 1.83 bits per heavy atom. The fourth-order valence-electron chi connectivity index (χ4n) is 0.167. The van der Waals surface area contributed by atoms with Crippen molar-refractivity contribution in [3.63, 3.8) is 0 Å². The van der Waals surface area contributed by atoms with E-state index in [4.69, 9.17) is 8.54 Å². The molecule has 0 unspecified atom stereocenters. The highest BCUT2D eigenvalue weighted by Crippen LogP contribution is 1.64. The van der Waals surface area contributed by atoms with Gasteiger partial charge in [0.1, 0.15) is 10.5 Å². The van der Waals surface area contributed by atoms with Gasteiger partial charge in [0.05, 0.1) is 0 Å². The molecule has 0 aliphatic rings. The second kappa shape index (κ2) is 5.35. The molecule has 38 valence electrons. The van der Waals surface area contributed by atoms with E-state index in [1.54, 1.807) is 0 Å². The minimum Gasteiger partial charge on any atom is -0.449 e. The largest absolute Gasteiger partial charge is 0.449 e. The van der Waals surface area contributed by atoms with Crippen molar-refractivity contribution in [3.8, 4) is 0 Å². The first-order chi connectivity index (χ1) is 2.91. The average Bonchev–Trinajstić information content (AvgIpc) is 1.61. The first kappa shape index (κ1) is 6.35. The van der Waals surface area contributed by atoms with Crippen LogP contribution in [0.25, 0.3) is 0 Å². The Bertz CT molecular complexity index is 21.5. The molecular formula is C2H10O2Si2. The third-order valence-electron chi connectivity index (χ3n) is 0.405. The Balaban J connectivity index is 2.34. The molecule has 0 aliphatic heterocycles. The van der Waals surface area contributed by atoms with Crippen molar-refractivity contribution in [2.45, 2.75) is 6.92 Å². The van der Waals surface area contributed by atoms with E-state index >= 15 is 0 Å². The van der Waals surface area contributed by atoms with E-state index in [1.807, 2.05) is 6.92 Å². The molecule has 2 nitrogen and oxygen atoms in total. The number of rotatable bonds is 3. The summed E-state index contributed by atoms with van der Waals surface area (Å²) in [6, 6.07) is 0. The van der Waals surface area contributed by atoms with Gasteiger partial charge in [-0.15, -0.1) is 0 Å². The molecule has 6 heavy (non-hydrogen) atoms. The number of hydrogen-bond acceptors (Lipinski definition) is 2. The molecule has 0 spiro atoms. The Kier molecular flexibility index (Phi) is 5.67. The second-order valence-electron chi connectivity index (χ2n) is 0.899. The van der Waals surface area contributed by atoms with Crippen LogP contribution in [0, 0.1) is 0 Å². The van der Waals surface area contributed by atoms with E-state index in [0.717, 1.165) is 17.1 Å². The van der Waals surface area contributed by atoms with Crippen LogP contribution in [0.5, 0.6) is 0 Å². The van der Waals surface area contributed by atoms with Crippen LogP contribution in [0.4, 0.5) is 0 Å². The molecule has 0 radical (unpaired) electrons. The first-order valence-corrected chi connectivity index (χ1v) is 3.95. The fourth-order valence-corrected chi connectivity index (χ4v) is 1.00. The van der Waals surface area contributed by atoms with Crippen molar-refractivity contribution in [1.82, 2.24) is 0 Å². The number of hydrogen-bond donors (Lipinski definition) is 0. The highest BCUT2D eigenvalue weighted by Gasteiger charge is 1.74. The lowest BCUT2D eigenvalue weighted by Gasteiger charge is -1.93. The summed E-state index contributed by atoms with van der Waals surface area (Å²) in [6.07, 6.45) is 0. The van der Waals surface area contributed by atoms with Crippen LogP contribution >= 0.6 is 0 Å². The summed E-state index contributed by atoms with van der Waals surface area (Å²) in [5.74, 6) is 0. The molecule has 0 aliphatic carbocycles. The molecule has 0 saturated carbocycles. The zero-order valence-corrected chi connectivity index (χ0v) is 7.64. The van der Waals surface area contributed by atoms with Gasteiger partial charge in [-0.05, 0) is 6.92 Å². The summed E-state index contributed by atoms with van der Waals surface area (Å²) in [4.78, 5) is 0. The van der Waals surface area contributed by atoms with E-state index in [-0.39, 0.29) is 0 Å². The molecule has 0 N–H and O–H groups in total. The highest BCUT2D eigenvalue weighted by molar-refractivity contribution is 6.27. The molecule has 0 rings (SSSR count). The van der Waals surface area contributed by atoms with Crippen LogP contribution in [0.15, 0.2) is 0 Å². The predicted octanol–water partition coefficient (Wildman–Crippen LogP) is -1.68. The summed E-state index contributed by atoms with van der Waals surface area (Å²) < 4.78 is 9.77. The van der Waals surface area contributed by atoms with Crippen molar-refractivity contribution in [2.24, 2.45) is 0 Å². The Labute approximate surface area is 43.4 Å². The molecule has 0 aromatic carbocycles. The van der Waals surface area contributed by atoms with Crippen molar-refractivity contribution < 1.29 is 8.54 Å². The monoisotopic (exact) mass is 122 g/mol. The summed E-state index contributed by atoms with van der Waals surface area (Å²) in [5, 5.41) is 0. The zero-order valence-electron chi connectivity index (χ0n) is 4.23. The van der Waals surface area contributed by atoms with Gasteiger partial charge >= 0.3 is 0 Å². The molecular weight excluding hydrogens is 112 g/mol. The van der Waals surface area contributed by atoms with E-state index in [2.05, 4.69) is 0 Å². The summed E-state index contributed by atoms with van der Waals surface area (Å²) in [5.41, 5.74) is 0. The molecule has 0 fully saturated rings. The van der Waals surface area contributed by atoms with Crippen molar-refractivity contribution in [1.29, 1.82) is 0 Å². The molecule has 0 atom stereocenters. The third-order valence-corrected chi connectivity index (χ3v) is 1.92. The smallest absolute Gasteiger partial charge is 0.293 e. The summed E-state index contributed by atoms with van der Waals surface area (Å²) in [6.45, 7) is 2.79. The maximum Gasteiger partial charge on any atom is 0.293 e. The van der Waals surface area contributed by atoms with Gasteiger partial charge < -0.3 is 8.54 Å². The average molecular weight is 122 g/mol. The van der Waals surface area contributed by atoms with Gasteiger partial charge in [0.2, 0.25) is 0 Å². The molecule has 0 amide bonds. The Morgan fingerprint density at radius 2 is 2.50 bits per heavy atom. The maximum absolute atomic E-state index is 4.93. The Morgan fingerprint density at radius 3 is 2.67 bits per heavy atom. The van der Waals surface area contributed by atoms with Gasteiger partial charge in [-0.1, -0.05) is 0 Å². The second-order valence-corrected chi connectivity index (χ2v) is 3.85. The molecule has 0 aromatic rings. The minimum atomic E-state index is -0.517. The molecule has 4 heteroatoms. The minimum absolute atomic E-state index is 0.517. The van der Waals surface area contributed by atoms with Crippen molar-refractivity contribution >= 4 is 20.5 Å². The van der Waals surface area contributed by atoms with Crippen molar-refractivity contribution in [2.75, 3.05) is 6.61 Å². The van der Waals surface area contributed by atoms with E-state index < -0.39 is 10.0 Å². The molecule has 0 saturated heterocycles.